The minimum atomic E-state index is -0.128. The van der Waals surface area contributed by atoms with Crippen LogP contribution in [-0.2, 0) is 4.79 Å². The van der Waals surface area contributed by atoms with Gasteiger partial charge in [0.05, 0.1) is 5.92 Å². The van der Waals surface area contributed by atoms with Crippen LogP contribution in [0.3, 0.4) is 0 Å². The van der Waals surface area contributed by atoms with Crippen molar-refractivity contribution in [1.29, 1.82) is 0 Å². The van der Waals surface area contributed by atoms with E-state index in [1.165, 1.54) is 0 Å². The molecule has 3 amide bonds. The molecule has 2 atom stereocenters. The van der Waals surface area contributed by atoms with Crippen LogP contribution in [0, 0.1) is 11.8 Å². The lowest BCUT2D eigenvalue weighted by atomic mass is 9.96. The van der Waals surface area contributed by atoms with Gasteiger partial charge < -0.3 is 15.5 Å². The third-order valence-electron chi connectivity index (χ3n) is 4.67. The van der Waals surface area contributed by atoms with Gasteiger partial charge in [0.15, 0.2) is 0 Å². The zero-order valence-electron chi connectivity index (χ0n) is 15.6. The molecule has 1 aliphatic rings. The molecule has 1 fully saturated rings. The van der Waals surface area contributed by atoms with Gasteiger partial charge in [-0.3, -0.25) is 4.79 Å². The Balaban J connectivity index is 1.83. The number of carbonyl (C=O) groups excluding carboxylic acids is 2. The molecule has 0 radical (unpaired) electrons. The SMILES string of the molecule is CC(C)CC[C@H](C)NC(=O)[C@@H]1CCCN(C(=O)Nc2ccccc2)C1. The van der Waals surface area contributed by atoms with Crippen LogP contribution < -0.4 is 10.6 Å². The average Bonchev–Trinajstić information content (AvgIpc) is 2.61. The molecule has 1 aromatic rings. The number of piperidine rings is 1. The smallest absolute Gasteiger partial charge is 0.321 e. The molecule has 0 saturated carbocycles. The highest BCUT2D eigenvalue weighted by atomic mass is 16.2. The minimum Gasteiger partial charge on any atom is -0.353 e. The molecular weight excluding hydrogens is 314 g/mol. The number of anilines is 1. The number of amides is 3. The van der Waals surface area contributed by atoms with Gasteiger partial charge in [0.2, 0.25) is 5.91 Å². The van der Waals surface area contributed by atoms with E-state index in [-0.39, 0.29) is 23.9 Å². The van der Waals surface area contributed by atoms with Crippen molar-refractivity contribution in [2.45, 2.75) is 52.5 Å². The lowest BCUT2D eigenvalue weighted by Gasteiger charge is -2.32. The van der Waals surface area contributed by atoms with E-state index in [4.69, 9.17) is 0 Å². The van der Waals surface area contributed by atoms with Gasteiger partial charge in [0.25, 0.3) is 0 Å². The fourth-order valence-corrected chi connectivity index (χ4v) is 3.12. The summed E-state index contributed by atoms with van der Waals surface area (Å²) in [7, 11) is 0. The number of urea groups is 1. The van der Waals surface area contributed by atoms with E-state index in [9.17, 15) is 9.59 Å². The lowest BCUT2D eigenvalue weighted by molar-refractivity contribution is -0.126. The summed E-state index contributed by atoms with van der Waals surface area (Å²) in [5.41, 5.74) is 0.779. The number of benzene rings is 1. The Bertz CT molecular complexity index is 559. The van der Waals surface area contributed by atoms with Crippen LogP contribution in [0.5, 0.6) is 0 Å². The summed E-state index contributed by atoms with van der Waals surface area (Å²) < 4.78 is 0. The maximum absolute atomic E-state index is 12.5. The molecule has 0 aliphatic carbocycles. The molecule has 25 heavy (non-hydrogen) atoms. The highest BCUT2D eigenvalue weighted by molar-refractivity contribution is 5.90. The number of hydrogen-bond donors (Lipinski definition) is 2. The van der Waals surface area contributed by atoms with Crippen molar-refractivity contribution < 1.29 is 9.59 Å². The van der Waals surface area contributed by atoms with Crippen LogP contribution in [0.1, 0.15) is 46.5 Å². The van der Waals surface area contributed by atoms with Crippen molar-refractivity contribution in [3.63, 3.8) is 0 Å². The minimum absolute atomic E-state index is 0.0773. The summed E-state index contributed by atoms with van der Waals surface area (Å²) in [5, 5.41) is 6.02. The fraction of sp³-hybridized carbons (Fsp3) is 0.600. The third-order valence-corrected chi connectivity index (χ3v) is 4.67. The van der Waals surface area contributed by atoms with E-state index in [1.807, 2.05) is 30.3 Å². The topological polar surface area (TPSA) is 61.4 Å². The van der Waals surface area contributed by atoms with Crippen molar-refractivity contribution in [3.05, 3.63) is 30.3 Å². The van der Waals surface area contributed by atoms with Gasteiger partial charge in [-0.1, -0.05) is 32.0 Å². The van der Waals surface area contributed by atoms with E-state index in [0.717, 1.165) is 31.4 Å². The molecule has 1 aromatic carbocycles. The molecule has 1 saturated heterocycles. The van der Waals surface area contributed by atoms with Crippen LogP contribution in [0.4, 0.5) is 10.5 Å². The molecule has 0 bridgehead atoms. The van der Waals surface area contributed by atoms with E-state index in [2.05, 4.69) is 31.4 Å². The Labute approximate surface area is 151 Å². The third kappa shape index (κ3) is 6.40. The van der Waals surface area contributed by atoms with Gasteiger partial charge in [0, 0.05) is 24.8 Å². The molecular formula is C20H31N3O2. The second-order valence-corrected chi connectivity index (χ2v) is 7.46. The van der Waals surface area contributed by atoms with Gasteiger partial charge in [-0.15, -0.1) is 0 Å². The first-order valence-corrected chi connectivity index (χ1v) is 9.37. The maximum atomic E-state index is 12.5. The Kier molecular flexibility index (Phi) is 7.29. The number of carbonyl (C=O) groups is 2. The van der Waals surface area contributed by atoms with Gasteiger partial charge in [-0.05, 0) is 50.7 Å². The summed E-state index contributed by atoms with van der Waals surface area (Å²) in [4.78, 5) is 26.7. The predicted molar refractivity (Wildman–Crippen MR) is 101 cm³/mol. The van der Waals surface area contributed by atoms with Crippen molar-refractivity contribution in [2.75, 3.05) is 18.4 Å². The van der Waals surface area contributed by atoms with Crippen LogP contribution >= 0.6 is 0 Å². The zero-order valence-corrected chi connectivity index (χ0v) is 15.6. The summed E-state index contributed by atoms with van der Waals surface area (Å²) in [6.45, 7) is 7.63. The highest BCUT2D eigenvalue weighted by Gasteiger charge is 2.29. The first kappa shape index (κ1) is 19.3. The predicted octanol–water partition coefficient (Wildman–Crippen LogP) is 3.87. The van der Waals surface area contributed by atoms with Gasteiger partial charge in [0.1, 0.15) is 0 Å². The maximum Gasteiger partial charge on any atom is 0.321 e. The zero-order chi connectivity index (χ0) is 18.2. The summed E-state index contributed by atoms with van der Waals surface area (Å²) in [6, 6.07) is 9.48. The molecule has 2 N–H and O–H groups in total. The van der Waals surface area contributed by atoms with Crippen molar-refractivity contribution in [2.24, 2.45) is 11.8 Å². The molecule has 1 heterocycles. The second kappa shape index (κ2) is 9.44. The van der Waals surface area contributed by atoms with Crippen LogP contribution in [0.25, 0.3) is 0 Å². The van der Waals surface area contributed by atoms with Gasteiger partial charge in [-0.2, -0.15) is 0 Å². The Morgan fingerprint density at radius 2 is 1.88 bits per heavy atom. The lowest BCUT2D eigenvalue weighted by Crippen LogP contribution is -2.48. The van der Waals surface area contributed by atoms with Gasteiger partial charge in [-0.25, -0.2) is 4.79 Å². The molecule has 1 aliphatic heterocycles. The highest BCUT2D eigenvalue weighted by Crippen LogP contribution is 2.19. The summed E-state index contributed by atoms with van der Waals surface area (Å²) in [6.07, 6.45) is 3.81. The molecule has 138 valence electrons. The van der Waals surface area contributed by atoms with E-state index in [1.54, 1.807) is 4.90 Å². The summed E-state index contributed by atoms with van der Waals surface area (Å²) in [5.74, 6) is 0.608. The van der Waals surface area contributed by atoms with E-state index >= 15 is 0 Å². The molecule has 5 nitrogen and oxygen atoms in total. The average molecular weight is 345 g/mol. The standard InChI is InChI=1S/C20H31N3O2/c1-15(2)11-12-16(3)21-19(24)17-8-7-13-23(14-17)20(25)22-18-9-5-4-6-10-18/h4-6,9-10,15-17H,7-8,11-14H2,1-3H3,(H,21,24)(H,22,25)/t16-,17+/m0/s1. The van der Waals surface area contributed by atoms with Crippen molar-refractivity contribution in [1.82, 2.24) is 10.2 Å². The molecule has 0 unspecified atom stereocenters. The number of likely N-dealkylation sites (tertiary alicyclic amines) is 1. The normalized spacial score (nSPS) is 18.7. The van der Waals surface area contributed by atoms with Crippen molar-refractivity contribution in [3.8, 4) is 0 Å². The molecule has 0 spiro atoms. The Hall–Kier alpha value is -2.04. The monoisotopic (exact) mass is 345 g/mol. The first-order chi connectivity index (χ1) is 12.0. The fourth-order valence-electron chi connectivity index (χ4n) is 3.12. The Morgan fingerprint density at radius 1 is 1.16 bits per heavy atom. The number of rotatable bonds is 6. The van der Waals surface area contributed by atoms with E-state index in [0.29, 0.717) is 19.0 Å². The quantitative estimate of drug-likeness (QED) is 0.822. The molecule has 5 heteroatoms. The van der Waals surface area contributed by atoms with Crippen LogP contribution in [0.15, 0.2) is 30.3 Å². The number of nitrogens with zero attached hydrogens (tertiary/aromatic N) is 1. The molecule has 0 aromatic heterocycles. The van der Waals surface area contributed by atoms with E-state index < -0.39 is 0 Å². The Morgan fingerprint density at radius 3 is 2.56 bits per heavy atom. The number of nitrogens with one attached hydrogen (secondary N) is 2. The molecule has 2 rings (SSSR count). The summed E-state index contributed by atoms with van der Waals surface area (Å²) >= 11 is 0. The van der Waals surface area contributed by atoms with Crippen LogP contribution in [0.2, 0.25) is 0 Å². The largest absolute Gasteiger partial charge is 0.353 e. The second-order valence-electron chi connectivity index (χ2n) is 7.46. The van der Waals surface area contributed by atoms with Gasteiger partial charge >= 0.3 is 6.03 Å². The first-order valence-electron chi connectivity index (χ1n) is 9.37. The van der Waals surface area contributed by atoms with Crippen molar-refractivity contribution >= 4 is 17.6 Å². The number of para-hydroxylation sites is 1. The van der Waals surface area contributed by atoms with Crippen LogP contribution in [-0.4, -0.2) is 36.0 Å². The number of hydrogen-bond acceptors (Lipinski definition) is 2.